The van der Waals surface area contributed by atoms with Gasteiger partial charge in [0.2, 0.25) is 0 Å². The minimum absolute atomic E-state index is 0.466. The van der Waals surface area contributed by atoms with E-state index >= 15 is 0 Å². The fourth-order valence-electron chi connectivity index (χ4n) is 3.44. The summed E-state index contributed by atoms with van der Waals surface area (Å²) in [6.45, 7) is 11.5. The number of nitrogens with one attached hydrogen (secondary N) is 1. The van der Waals surface area contributed by atoms with Crippen LogP contribution in [0, 0.1) is 16.7 Å². The van der Waals surface area contributed by atoms with Crippen molar-refractivity contribution in [3.8, 4) is 0 Å². The van der Waals surface area contributed by atoms with Crippen molar-refractivity contribution >= 4 is 10.9 Å². The van der Waals surface area contributed by atoms with Crippen molar-refractivity contribution in [3.63, 3.8) is 0 Å². The molecular formula is C18H24N2. The third kappa shape index (κ3) is 2.12. The van der Waals surface area contributed by atoms with Gasteiger partial charge in [0, 0.05) is 18.1 Å². The van der Waals surface area contributed by atoms with E-state index in [-0.39, 0.29) is 0 Å². The third-order valence-electron chi connectivity index (χ3n) is 5.66. The Morgan fingerprint density at radius 2 is 1.85 bits per heavy atom. The minimum Gasteiger partial charge on any atom is -0.312 e. The molecule has 0 bridgehead atoms. The summed E-state index contributed by atoms with van der Waals surface area (Å²) in [5, 5.41) is 4.84. The normalized spacial score (nSPS) is 20.2. The SMILES string of the molecule is CC1(C)C(CNCc2ccc3ncccc3c2)C1(C)C. The van der Waals surface area contributed by atoms with Crippen molar-refractivity contribution in [1.82, 2.24) is 10.3 Å². The van der Waals surface area contributed by atoms with Crippen LogP contribution < -0.4 is 5.32 Å². The van der Waals surface area contributed by atoms with E-state index in [4.69, 9.17) is 0 Å². The molecule has 1 N–H and O–H groups in total. The van der Waals surface area contributed by atoms with E-state index in [9.17, 15) is 0 Å². The maximum absolute atomic E-state index is 4.36. The number of rotatable bonds is 4. The third-order valence-corrected chi connectivity index (χ3v) is 5.66. The molecule has 0 atom stereocenters. The van der Waals surface area contributed by atoms with Crippen molar-refractivity contribution in [2.24, 2.45) is 16.7 Å². The lowest BCUT2D eigenvalue weighted by molar-refractivity contribution is 0.457. The highest BCUT2D eigenvalue weighted by Gasteiger charge is 2.63. The number of aromatic nitrogens is 1. The van der Waals surface area contributed by atoms with Gasteiger partial charge in [-0.2, -0.15) is 0 Å². The van der Waals surface area contributed by atoms with Crippen LogP contribution in [-0.2, 0) is 6.54 Å². The van der Waals surface area contributed by atoms with Gasteiger partial charge in [-0.25, -0.2) is 0 Å². The van der Waals surface area contributed by atoms with Gasteiger partial charge in [0.1, 0.15) is 0 Å². The second-order valence-corrected chi connectivity index (χ2v) is 7.16. The van der Waals surface area contributed by atoms with E-state index in [1.54, 1.807) is 0 Å². The van der Waals surface area contributed by atoms with Gasteiger partial charge in [-0.3, -0.25) is 4.98 Å². The molecule has 0 amide bonds. The molecular weight excluding hydrogens is 244 g/mol. The number of hydrogen-bond acceptors (Lipinski definition) is 2. The first-order valence-electron chi connectivity index (χ1n) is 7.47. The molecule has 0 spiro atoms. The van der Waals surface area contributed by atoms with Crippen LogP contribution in [-0.4, -0.2) is 11.5 Å². The molecule has 0 radical (unpaired) electrons. The van der Waals surface area contributed by atoms with E-state index in [0.29, 0.717) is 10.8 Å². The monoisotopic (exact) mass is 268 g/mol. The van der Waals surface area contributed by atoms with Gasteiger partial charge in [-0.1, -0.05) is 39.8 Å². The molecule has 1 fully saturated rings. The predicted molar refractivity (Wildman–Crippen MR) is 84.5 cm³/mol. The summed E-state index contributed by atoms with van der Waals surface area (Å²) in [6.07, 6.45) is 1.84. The average Bonchev–Trinajstić information content (AvgIpc) is 2.81. The van der Waals surface area contributed by atoms with Crippen molar-refractivity contribution in [1.29, 1.82) is 0 Å². The Kier molecular flexibility index (Phi) is 3.09. The zero-order valence-corrected chi connectivity index (χ0v) is 12.9. The maximum Gasteiger partial charge on any atom is 0.0702 e. The minimum atomic E-state index is 0.466. The van der Waals surface area contributed by atoms with Crippen molar-refractivity contribution in [2.75, 3.05) is 6.54 Å². The first-order valence-corrected chi connectivity index (χ1v) is 7.47. The highest BCUT2D eigenvalue weighted by Crippen LogP contribution is 2.67. The van der Waals surface area contributed by atoms with Crippen LogP contribution in [0.2, 0.25) is 0 Å². The lowest BCUT2D eigenvalue weighted by Gasteiger charge is -2.07. The Labute approximate surface area is 121 Å². The van der Waals surface area contributed by atoms with Crippen molar-refractivity contribution in [2.45, 2.75) is 34.2 Å². The molecule has 3 rings (SSSR count). The van der Waals surface area contributed by atoms with Gasteiger partial charge in [0.15, 0.2) is 0 Å². The summed E-state index contributed by atoms with van der Waals surface area (Å²) in [5.74, 6) is 0.775. The van der Waals surface area contributed by atoms with Crippen LogP contribution in [0.5, 0.6) is 0 Å². The Bertz CT molecular complexity index is 614. The zero-order chi connectivity index (χ0) is 14.4. The van der Waals surface area contributed by atoms with Gasteiger partial charge in [0.25, 0.3) is 0 Å². The lowest BCUT2D eigenvalue weighted by atomic mass is 10.0. The standard InChI is InChI=1S/C18H24N2/c1-17(2)16(18(17,3)4)12-19-11-13-7-8-15-14(10-13)6-5-9-20-15/h5-10,16,19H,11-12H2,1-4H3. The summed E-state index contributed by atoms with van der Waals surface area (Å²) >= 11 is 0. The van der Waals surface area contributed by atoms with E-state index in [1.807, 2.05) is 12.3 Å². The Balaban J connectivity index is 1.61. The fraction of sp³-hybridized carbons (Fsp3) is 0.500. The van der Waals surface area contributed by atoms with Gasteiger partial charge in [0.05, 0.1) is 5.52 Å². The van der Waals surface area contributed by atoms with Crippen LogP contribution in [0.25, 0.3) is 10.9 Å². The molecule has 1 aliphatic rings. The zero-order valence-electron chi connectivity index (χ0n) is 12.9. The van der Waals surface area contributed by atoms with E-state index in [0.717, 1.165) is 24.5 Å². The largest absolute Gasteiger partial charge is 0.312 e. The summed E-state index contributed by atoms with van der Waals surface area (Å²) in [5.41, 5.74) is 3.34. The van der Waals surface area contributed by atoms with Gasteiger partial charge < -0.3 is 5.32 Å². The molecule has 106 valence electrons. The fourth-order valence-corrected chi connectivity index (χ4v) is 3.44. The van der Waals surface area contributed by atoms with E-state index in [1.165, 1.54) is 10.9 Å². The molecule has 1 heterocycles. The predicted octanol–water partition coefficient (Wildman–Crippen LogP) is 4.01. The average molecular weight is 268 g/mol. The van der Waals surface area contributed by atoms with Gasteiger partial charge in [-0.05, 0) is 47.1 Å². The molecule has 2 nitrogen and oxygen atoms in total. The summed E-state index contributed by atoms with van der Waals surface area (Å²) < 4.78 is 0. The second-order valence-electron chi connectivity index (χ2n) is 7.16. The molecule has 1 aromatic carbocycles. The van der Waals surface area contributed by atoms with E-state index < -0.39 is 0 Å². The maximum atomic E-state index is 4.36. The quantitative estimate of drug-likeness (QED) is 0.906. The Morgan fingerprint density at radius 3 is 2.55 bits per heavy atom. The molecule has 2 aromatic rings. The van der Waals surface area contributed by atoms with Crippen molar-refractivity contribution in [3.05, 3.63) is 42.1 Å². The lowest BCUT2D eigenvalue weighted by Crippen LogP contribution is -2.18. The van der Waals surface area contributed by atoms with Crippen molar-refractivity contribution < 1.29 is 0 Å². The molecule has 0 saturated heterocycles. The number of nitrogens with zero attached hydrogens (tertiary/aromatic N) is 1. The van der Waals surface area contributed by atoms with Gasteiger partial charge >= 0.3 is 0 Å². The molecule has 1 aliphatic carbocycles. The van der Waals surface area contributed by atoms with Crippen LogP contribution in [0.3, 0.4) is 0 Å². The number of pyridine rings is 1. The van der Waals surface area contributed by atoms with Gasteiger partial charge in [-0.15, -0.1) is 0 Å². The Morgan fingerprint density at radius 1 is 1.10 bits per heavy atom. The van der Waals surface area contributed by atoms with Crippen LogP contribution >= 0.6 is 0 Å². The molecule has 2 heteroatoms. The Hall–Kier alpha value is -1.41. The second kappa shape index (κ2) is 4.56. The molecule has 0 aliphatic heterocycles. The summed E-state index contributed by atoms with van der Waals surface area (Å²) in [4.78, 5) is 4.36. The first-order chi connectivity index (χ1) is 9.43. The number of hydrogen-bond donors (Lipinski definition) is 1. The summed E-state index contributed by atoms with van der Waals surface area (Å²) in [6, 6.07) is 10.6. The number of fused-ring (bicyclic) bond motifs is 1. The molecule has 20 heavy (non-hydrogen) atoms. The number of benzene rings is 1. The first kappa shape index (κ1) is 13.6. The molecule has 1 saturated carbocycles. The van der Waals surface area contributed by atoms with Crippen LogP contribution in [0.4, 0.5) is 0 Å². The van der Waals surface area contributed by atoms with Crippen LogP contribution in [0.1, 0.15) is 33.3 Å². The highest BCUT2D eigenvalue weighted by atomic mass is 14.9. The molecule has 1 aromatic heterocycles. The summed E-state index contributed by atoms with van der Waals surface area (Å²) in [7, 11) is 0. The van der Waals surface area contributed by atoms with Crippen LogP contribution in [0.15, 0.2) is 36.5 Å². The molecule has 0 unspecified atom stereocenters. The highest BCUT2D eigenvalue weighted by molar-refractivity contribution is 5.78. The smallest absolute Gasteiger partial charge is 0.0702 e. The topological polar surface area (TPSA) is 24.9 Å². The van der Waals surface area contributed by atoms with E-state index in [2.05, 4.69) is 62.3 Å².